The summed E-state index contributed by atoms with van der Waals surface area (Å²) >= 11 is 0. The summed E-state index contributed by atoms with van der Waals surface area (Å²) in [5.41, 5.74) is -1.29. The molecule has 0 bridgehead atoms. The lowest BCUT2D eigenvalue weighted by Crippen LogP contribution is -2.17. The van der Waals surface area contributed by atoms with Gasteiger partial charge >= 0.3 is 6.18 Å². The average Bonchev–Trinajstić information content (AvgIpc) is 2.38. The predicted octanol–water partition coefficient (Wildman–Crippen LogP) is 3.58. The summed E-state index contributed by atoms with van der Waals surface area (Å²) in [4.78, 5) is 12.0. The van der Waals surface area contributed by atoms with Crippen molar-refractivity contribution < 1.29 is 22.7 Å². The van der Waals surface area contributed by atoms with Crippen LogP contribution in [0.4, 0.5) is 13.2 Å². The molecule has 5 heteroatoms. The van der Waals surface area contributed by atoms with Gasteiger partial charge in [0.2, 0.25) is 5.78 Å². The minimum Gasteiger partial charge on any atom is -0.490 e. The Labute approximate surface area is 102 Å². The number of carbonyl (C=O) groups excluding carboxylic acids is 1. The van der Waals surface area contributed by atoms with Crippen molar-refractivity contribution in [2.45, 2.75) is 19.0 Å². The summed E-state index contributed by atoms with van der Waals surface area (Å²) in [5.74, 6) is -0.694. The summed E-state index contributed by atoms with van der Waals surface area (Å²) in [5, 5.41) is 0. The first-order valence-electron chi connectivity index (χ1n) is 5.54. The maximum absolute atomic E-state index is 12.8. The maximum atomic E-state index is 12.8. The highest BCUT2D eigenvalue weighted by Gasteiger charge is 2.35. The second kappa shape index (κ2) is 4.84. The molecule has 1 aromatic carbocycles. The molecule has 0 amide bonds. The van der Waals surface area contributed by atoms with Gasteiger partial charge in [-0.3, -0.25) is 4.79 Å². The molecule has 1 aromatic rings. The minimum absolute atomic E-state index is 0.0120. The molecular weight excluding hydrogens is 245 g/mol. The molecule has 0 fully saturated rings. The molecule has 1 heterocycles. The van der Waals surface area contributed by atoms with E-state index in [2.05, 4.69) is 0 Å². The van der Waals surface area contributed by atoms with E-state index in [1.807, 2.05) is 0 Å². The third-order valence-electron chi connectivity index (χ3n) is 2.64. The van der Waals surface area contributed by atoms with Gasteiger partial charge in [-0.1, -0.05) is 18.2 Å². The number of benzene rings is 1. The molecule has 0 aliphatic carbocycles. The van der Waals surface area contributed by atoms with Crippen molar-refractivity contribution in [3.8, 4) is 0 Å². The van der Waals surface area contributed by atoms with E-state index in [9.17, 15) is 18.0 Å². The SMILES string of the molecule is O=C(C1=CCCCO1)c1ccccc1C(F)(F)F. The van der Waals surface area contributed by atoms with Gasteiger partial charge in [0.25, 0.3) is 0 Å². The number of alkyl halides is 3. The van der Waals surface area contributed by atoms with E-state index in [0.717, 1.165) is 12.5 Å². The number of carbonyl (C=O) groups is 1. The number of hydrogen-bond acceptors (Lipinski definition) is 2. The highest BCUT2D eigenvalue weighted by Crippen LogP contribution is 2.33. The number of ketones is 1. The van der Waals surface area contributed by atoms with Crippen LogP contribution >= 0.6 is 0 Å². The Morgan fingerprint density at radius 2 is 1.94 bits per heavy atom. The fourth-order valence-electron chi connectivity index (χ4n) is 1.78. The summed E-state index contributed by atoms with van der Waals surface area (Å²) < 4.78 is 43.4. The second-order valence-electron chi connectivity index (χ2n) is 3.93. The molecule has 0 aromatic heterocycles. The molecule has 0 saturated carbocycles. The first kappa shape index (κ1) is 12.7. The van der Waals surface area contributed by atoms with Crippen LogP contribution in [0, 0.1) is 0 Å². The lowest BCUT2D eigenvalue weighted by atomic mass is 10.0. The molecule has 2 rings (SSSR count). The van der Waals surface area contributed by atoms with Gasteiger partial charge in [-0.25, -0.2) is 0 Å². The molecule has 96 valence electrons. The molecule has 2 nitrogen and oxygen atoms in total. The van der Waals surface area contributed by atoms with Gasteiger partial charge in [-0.15, -0.1) is 0 Å². The van der Waals surface area contributed by atoms with E-state index in [0.29, 0.717) is 13.0 Å². The van der Waals surface area contributed by atoms with E-state index >= 15 is 0 Å². The predicted molar refractivity (Wildman–Crippen MR) is 59.0 cm³/mol. The van der Waals surface area contributed by atoms with Crippen LogP contribution in [-0.4, -0.2) is 12.4 Å². The number of rotatable bonds is 2. The number of Topliss-reactive ketones (excluding diaryl/α,β-unsaturated/α-hetero) is 1. The molecule has 0 spiro atoms. The average molecular weight is 256 g/mol. The lowest BCUT2D eigenvalue weighted by Gasteiger charge is -2.16. The van der Waals surface area contributed by atoms with E-state index in [1.54, 1.807) is 6.08 Å². The largest absolute Gasteiger partial charge is 0.490 e. The zero-order valence-electron chi connectivity index (χ0n) is 9.46. The number of hydrogen-bond donors (Lipinski definition) is 0. The minimum atomic E-state index is -4.54. The molecule has 0 atom stereocenters. The van der Waals surface area contributed by atoms with Crippen LogP contribution in [0.3, 0.4) is 0 Å². The molecule has 18 heavy (non-hydrogen) atoms. The molecular formula is C13H11F3O2. The third kappa shape index (κ3) is 2.55. The van der Waals surface area contributed by atoms with Crippen LogP contribution in [-0.2, 0) is 10.9 Å². The Bertz CT molecular complexity index is 489. The summed E-state index contributed by atoms with van der Waals surface area (Å²) in [6, 6.07) is 4.74. The van der Waals surface area contributed by atoms with Crippen molar-refractivity contribution in [1.29, 1.82) is 0 Å². The Morgan fingerprint density at radius 3 is 2.56 bits per heavy atom. The Hall–Kier alpha value is -1.78. The van der Waals surface area contributed by atoms with Gasteiger partial charge in [0.15, 0.2) is 5.76 Å². The van der Waals surface area contributed by atoms with Gasteiger partial charge < -0.3 is 4.74 Å². The molecule has 0 N–H and O–H groups in total. The topological polar surface area (TPSA) is 26.3 Å². The van der Waals surface area contributed by atoms with Crippen molar-refractivity contribution in [1.82, 2.24) is 0 Å². The van der Waals surface area contributed by atoms with Gasteiger partial charge in [0, 0.05) is 5.56 Å². The first-order chi connectivity index (χ1) is 8.50. The Morgan fingerprint density at radius 1 is 1.22 bits per heavy atom. The molecule has 1 aliphatic rings. The van der Waals surface area contributed by atoms with Crippen LogP contribution < -0.4 is 0 Å². The second-order valence-corrected chi connectivity index (χ2v) is 3.93. The van der Waals surface area contributed by atoms with Crippen molar-refractivity contribution in [2.24, 2.45) is 0 Å². The van der Waals surface area contributed by atoms with Crippen LogP contribution in [0.25, 0.3) is 0 Å². The number of halogens is 3. The van der Waals surface area contributed by atoms with Gasteiger partial charge in [0.1, 0.15) is 0 Å². The van der Waals surface area contributed by atoms with Crippen molar-refractivity contribution in [3.05, 3.63) is 47.2 Å². The number of ether oxygens (including phenoxy) is 1. The van der Waals surface area contributed by atoms with E-state index in [-0.39, 0.29) is 11.3 Å². The van der Waals surface area contributed by atoms with Crippen molar-refractivity contribution >= 4 is 5.78 Å². The molecule has 0 radical (unpaired) electrons. The smallest absolute Gasteiger partial charge is 0.417 e. The van der Waals surface area contributed by atoms with Crippen LogP contribution in [0.15, 0.2) is 36.1 Å². The maximum Gasteiger partial charge on any atom is 0.417 e. The number of allylic oxidation sites excluding steroid dienone is 2. The van der Waals surface area contributed by atoms with Crippen LogP contribution in [0.1, 0.15) is 28.8 Å². The van der Waals surface area contributed by atoms with Gasteiger partial charge in [-0.05, 0) is 25.0 Å². The van der Waals surface area contributed by atoms with E-state index in [4.69, 9.17) is 4.74 Å². The van der Waals surface area contributed by atoms with Crippen LogP contribution in [0.5, 0.6) is 0 Å². The van der Waals surface area contributed by atoms with Crippen molar-refractivity contribution in [3.63, 3.8) is 0 Å². The van der Waals surface area contributed by atoms with Gasteiger partial charge in [-0.2, -0.15) is 13.2 Å². The highest BCUT2D eigenvalue weighted by molar-refractivity contribution is 6.08. The van der Waals surface area contributed by atoms with Crippen molar-refractivity contribution in [2.75, 3.05) is 6.61 Å². The quantitative estimate of drug-likeness (QED) is 0.756. The third-order valence-corrected chi connectivity index (χ3v) is 2.64. The Kier molecular flexibility index (Phi) is 3.41. The Balaban J connectivity index is 2.39. The van der Waals surface area contributed by atoms with E-state index in [1.165, 1.54) is 18.2 Å². The van der Waals surface area contributed by atoms with Crippen LogP contribution in [0.2, 0.25) is 0 Å². The summed E-state index contributed by atoms with van der Waals surface area (Å²) in [6.07, 6.45) is -1.58. The zero-order valence-corrected chi connectivity index (χ0v) is 9.46. The molecule has 0 unspecified atom stereocenters. The first-order valence-corrected chi connectivity index (χ1v) is 5.54. The molecule has 0 saturated heterocycles. The van der Waals surface area contributed by atoms with Gasteiger partial charge in [0.05, 0.1) is 12.2 Å². The highest BCUT2D eigenvalue weighted by atomic mass is 19.4. The fourth-order valence-corrected chi connectivity index (χ4v) is 1.78. The standard InChI is InChI=1S/C13H11F3O2/c14-13(15,16)10-6-2-1-5-9(10)12(17)11-7-3-4-8-18-11/h1-2,5-7H,3-4,8H2. The fraction of sp³-hybridized carbons (Fsp3) is 0.308. The molecule has 1 aliphatic heterocycles. The monoisotopic (exact) mass is 256 g/mol. The summed E-state index contributed by atoms with van der Waals surface area (Å²) in [6.45, 7) is 0.367. The zero-order chi connectivity index (χ0) is 13.2. The summed E-state index contributed by atoms with van der Waals surface area (Å²) in [7, 11) is 0. The normalized spacial score (nSPS) is 15.8. The lowest BCUT2D eigenvalue weighted by molar-refractivity contribution is -0.137. The van der Waals surface area contributed by atoms with E-state index < -0.39 is 17.5 Å².